The SMILES string of the molecule is CCc1nc2c(C)c(Cc3ccc(-c4ccccc4)c(-c4nnn[nH]4)c3)c(C)cc2[nH]1. The largest absolute Gasteiger partial charge is 0.342 e. The summed E-state index contributed by atoms with van der Waals surface area (Å²) in [5.41, 5.74) is 10.5. The third kappa shape index (κ3) is 3.50. The number of fused-ring (bicyclic) bond motifs is 1. The van der Waals surface area contributed by atoms with E-state index in [1.54, 1.807) is 0 Å². The number of aryl methyl sites for hydroxylation is 3. The number of rotatable bonds is 5. The van der Waals surface area contributed by atoms with Crippen LogP contribution in [0.15, 0.2) is 54.6 Å². The Bertz CT molecular complexity index is 1350. The van der Waals surface area contributed by atoms with Crippen LogP contribution in [0.4, 0.5) is 0 Å². The maximum Gasteiger partial charge on any atom is 0.180 e. The number of hydrogen-bond donors (Lipinski definition) is 2. The van der Waals surface area contributed by atoms with Crippen molar-refractivity contribution in [3.8, 4) is 22.5 Å². The maximum atomic E-state index is 4.80. The number of H-pyrrole nitrogens is 2. The lowest BCUT2D eigenvalue weighted by Crippen LogP contribution is -1.98. The molecule has 2 N–H and O–H groups in total. The molecule has 0 atom stereocenters. The number of nitrogens with zero attached hydrogens (tertiary/aromatic N) is 4. The summed E-state index contributed by atoms with van der Waals surface area (Å²) < 4.78 is 0. The van der Waals surface area contributed by atoms with Crippen molar-refractivity contribution in [3.63, 3.8) is 0 Å². The summed E-state index contributed by atoms with van der Waals surface area (Å²) in [5, 5.41) is 14.7. The third-order valence-electron chi connectivity index (χ3n) is 5.91. The second-order valence-corrected chi connectivity index (χ2v) is 7.90. The first-order valence-electron chi connectivity index (χ1n) is 10.5. The first-order valence-corrected chi connectivity index (χ1v) is 10.5. The topological polar surface area (TPSA) is 83.1 Å². The van der Waals surface area contributed by atoms with Crippen molar-refractivity contribution < 1.29 is 0 Å². The van der Waals surface area contributed by atoms with Crippen LogP contribution < -0.4 is 0 Å². The van der Waals surface area contributed by atoms with Crippen LogP contribution in [0.2, 0.25) is 0 Å². The fraction of sp³-hybridized carbons (Fsp3) is 0.200. The van der Waals surface area contributed by atoms with Crippen LogP contribution in [-0.4, -0.2) is 30.6 Å². The van der Waals surface area contributed by atoms with E-state index in [4.69, 9.17) is 4.98 Å². The predicted molar refractivity (Wildman–Crippen MR) is 123 cm³/mol. The van der Waals surface area contributed by atoms with E-state index in [1.807, 2.05) is 18.2 Å². The number of benzene rings is 3. The zero-order valence-corrected chi connectivity index (χ0v) is 17.9. The van der Waals surface area contributed by atoms with Crippen LogP contribution in [-0.2, 0) is 12.8 Å². The highest BCUT2D eigenvalue weighted by atomic mass is 15.5. The van der Waals surface area contributed by atoms with Gasteiger partial charge in [0.05, 0.1) is 11.0 Å². The minimum atomic E-state index is 0.671. The average Bonchev–Trinajstić information content (AvgIpc) is 3.47. The number of aromatic amines is 2. The van der Waals surface area contributed by atoms with Crippen molar-refractivity contribution in [2.75, 3.05) is 0 Å². The summed E-state index contributed by atoms with van der Waals surface area (Å²) in [5.74, 6) is 1.70. The summed E-state index contributed by atoms with van der Waals surface area (Å²) >= 11 is 0. The highest BCUT2D eigenvalue weighted by Crippen LogP contribution is 2.32. The summed E-state index contributed by atoms with van der Waals surface area (Å²) in [6.45, 7) is 6.47. The van der Waals surface area contributed by atoms with Gasteiger partial charge in [-0.25, -0.2) is 10.1 Å². The third-order valence-corrected chi connectivity index (χ3v) is 5.91. The van der Waals surface area contributed by atoms with E-state index < -0.39 is 0 Å². The Labute approximate surface area is 180 Å². The number of nitrogens with one attached hydrogen (secondary N) is 2. The van der Waals surface area contributed by atoms with Gasteiger partial charge >= 0.3 is 0 Å². The van der Waals surface area contributed by atoms with Crippen LogP contribution in [0.5, 0.6) is 0 Å². The van der Waals surface area contributed by atoms with E-state index in [2.05, 4.69) is 82.8 Å². The fourth-order valence-corrected chi connectivity index (χ4v) is 4.25. The maximum absolute atomic E-state index is 4.80. The van der Waals surface area contributed by atoms with Gasteiger partial charge in [-0.15, -0.1) is 5.10 Å². The number of hydrogen-bond acceptors (Lipinski definition) is 4. The first kappa shape index (κ1) is 19.2. The molecule has 0 aliphatic heterocycles. The molecule has 0 saturated carbocycles. The van der Waals surface area contributed by atoms with Crippen molar-refractivity contribution in [3.05, 3.63) is 82.7 Å². The molecule has 5 rings (SSSR count). The normalized spacial score (nSPS) is 11.3. The molecule has 154 valence electrons. The molecule has 2 heterocycles. The van der Waals surface area contributed by atoms with Gasteiger partial charge in [0, 0.05) is 12.0 Å². The minimum absolute atomic E-state index is 0.671. The summed E-state index contributed by atoms with van der Waals surface area (Å²) in [6.07, 6.45) is 1.73. The van der Waals surface area contributed by atoms with Gasteiger partial charge in [-0.1, -0.05) is 49.4 Å². The zero-order chi connectivity index (χ0) is 21.4. The molecule has 3 aromatic carbocycles. The lowest BCUT2D eigenvalue weighted by molar-refractivity contribution is 0.881. The number of tetrazole rings is 1. The average molecular weight is 409 g/mol. The van der Waals surface area contributed by atoms with Crippen LogP contribution in [0, 0.1) is 13.8 Å². The molecule has 0 unspecified atom stereocenters. The Balaban J connectivity index is 1.60. The van der Waals surface area contributed by atoms with E-state index >= 15 is 0 Å². The smallest absolute Gasteiger partial charge is 0.180 e. The molecule has 0 spiro atoms. The van der Waals surface area contributed by atoms with E-state index in [1.165, 1.54) is 22.3 Å². The molecule has 5 aromatic rings. The number of imidazole rings is 1. The Kier molecular flexibility index (Phi) is 4.82. The Hall–Kier alpha value is -3.80. The van der Waals surface area contributed by atoms with E-state index in [0.29, 0.717) is 5.82 Å². The molecule has 6 nitrogen and oxygen atoms in total. The quantitative estimate of drug-likeness (QED) is 0.420. The molecule has 0 fully saturated rings. The highest BCUT2D eigenvalue weighted by molar-refractivity contribution is 5.83. The Morgan fingerprint density at radius 1 is 0.935 bits per heavy atom. The van der Waals surface area contributed by atoms with E-state index in [-0.39, 0.29) is 0 Å². The van der Waals surface area contributed by atoms with Crippen LogP contribution in [0.1, 0.15) is 35.0 Å². The Morgan fingerprint density at radius 3 is 2.52 bits per heavy atom. The standard InChI is InChI=1S/C25H24N6/c1-4-23-26-22-12-15(2)20(16(3)24(22)27-23)13-17-10-11-19(18-8-6-5-7-9-18)21(14-17)25-28-30-31-29-25/h5-12,14H,4,13H2,1-3H3,(H,26,27)(H,28,29,30,31). The van der Waals surface area contributed by atoms with Gasteiger partial charge in [-0.3, -0.25) is 0 Å². The van der Waals surface area contributed by atoms with Crippen LogP contribution in [0.25, 0.3) is 33.5 Å². The molecule has 31 heavy (non-hydrogen) atoms. The molecule has 6 heteroatoms. The van der Waals surface area contributed by atoms with Gasteiger partial charge in [0.25, 0.3) is 0 Å². The molecular weight excluding hydrogens is 384 g/mol. The van der Waals surface area contributed by atoms with Crippen molar-refractivity contribution >= 4 is 11.0 Å². The molecule has 0 radical (unpaired) electrons. The van der Waals surface area contributed by atoms with E-state index in [0.717, 1.165) is 46.4 Å². The first-order chi connectivity index (χ1) is 15.1. The molecule has 2 aromatic heterocycles. The lowest BCUT2D eigenvalue weighted by Gasteiger charge is -2.14. The lowest BCUT2D eigenvalue weighted by atomic mass is 9.91. The molecular formula is C25H24N6. The molecule has 0 aliphatic rings. The van der Waals surface area contributed by atoms with Crippen molar-refractivity contribution in [1.29, 1.82) is 0 Å². The zero-order valence-electron chi connectivity index (χ0n) is 17.9. The molecule has 0 amide bonds. The monoisotopic (exact) mass is 408 g/mol. The Morgan fingerprint density at radius 2 is 1.77 bits per heavy atom. The number of aromatic nitrogens is 6. The summed E-state index contributed by atoms with van der Waals surface area (Å²) in [4.78, 5) is 8.23. The van der Waals surface area contributed by atoms with Crippen LogP contribution in [0.3, 0.4) is 0 Å². The molecule has 0 aliphatic carbocycles. The second kappa shape index (κ2) is 7.80. The van der Waals surface area contributed by atoms with Gasteiger partial charge < -0.3 is 4.98 Å². The minimum Gasteiger partial charge on any atom is -0.342 e. The predicted octanol–water partition coefficient (Wildman–Crippen LogP) is 5.18. The van der Waals surface area contributed by atoms with E-state index in [9.17, 15) is 0 Å². The van der Waals surface area contributed by atoms with Crippen molar-refractivity contribution in [2.45, 2.75) is 33.6 Å². The van der Waals surface area contributed by atoms with Crippen molar-refractivity contribution in [1.82, 2.24) is 30.6 Å². The van der Waals surface area contributed by atoms with Gasteiger partial charge in [0.2, 0.25) is 0 Å². The van der Waals surface area contributed by atoms with Gasteiger partial charge in [0.1, 0.15) is 5.82 Å². The highest BCUT2D eigenvalue weighted by Gasteiger charge is 2.15. The van der Waals surface area contributed by atoms with Crippen molar-refractivity contribution in [2.24, 2.45) is 0 Å². The van der Waals surface area contributed by atoms with Gasteiger partial charge in [0.15, 0.2) is 5.82 Å². The fourth-order valence-electron chi connectivity index (χ4n) is 4.25. The van der Waals surface area contributed by atoms with Gasteiger partial charge in [-0.05, 0) is 76.2 Å². The molecule has 0 bridgehead atoms. The van der Waals surface area contributed by atoms with Crippen LogP contribution >= 0.6 is 0 Å². The molecule has 0 saturated heterocycles. The second-order valence-electron chi connectivity index (χ2n) is 7.90. The summed E-state index contributed by atoms with van der Waals surface area (Å²) in [7, 11) is 0. The van der Waals surface area contributed by atoms with Gasteiger partial charge in [-0.2, -0.15) is 0 Å². The summed E-state index contributed by atoms with van der Waals surface area (Å²) in [6, 6.07) is 19.1.